The molecule has 1 heterocycles. The number of aromatic nitrogens is 1. The molecule has 0 spiro atoms. The number of rotatable bonds is 3. The second-order valence-corrected chi connectivity index (χ2v) is 5.72. The Hall–Kier alpha value is -2.66. The van der Waals surface area contributed by atoms with E-state index in [0.717, 1.165) is 11.3 Å². The van der Waals surface area contributed by atoms with Gasteiger partial charge in [-0.1, -0.05) is 29.8 Å². The van der Waals surface area contributed by atoms with E-state index in [1.807, 2.05) is 36.6 Å². The van der Waals surface area contributed by atoms with E-state index in [4.69, 9.17) is 0 Å². The van der Waals surface area contributed by atoms with Crippen molar-refractivity contribution < 1.29 is 10.2 Å². The van der Waals surface area contributed by atoms with Crippen LogP contribution in [0.25, 0.3) is 11.3 Å². The average molecular weight is 310 g/mol. The molecule has 3 aromatic rings. The van der Waals surface area contributed by atoms with E-state index in [9.17, 15) is 10.2 Å². The summed E-state index contributed by atoms with van der Waals surface area (Å²) >= 11 is 1.44. The molecule has 3 rings (SSSR count). The maximum Gasteiger partial charge on any atom is 0.209 e. The lowest BCUT2D eigenvalue weighted by molar-refractivity contribution is 0.450. The van der Waals surface area contributed by atoms with Gasteiger partial charge in [0.2, 0.25) is 5.13 Å². The number of benzene rings is 2. The lowest BCUT2D eigenvalue weighted by Crippen LogP contribution is -1.81. The smallest absolute Gasteiger partial charge is 0.209 e. The molecule has 0 bridgehead atoms. The monoisotopic (exact) mass is 310 g/mol. The van der Waals surface area contributed by atoms with Gasteiger partial charge in [0.15, 0.2) is 0 Å². The van der Waals surface area contributed by atoms with Crippen molar-refractivity contribution in [3.8, 4) is 22.8 Å². The first kappa shape index (κ1) is 14.3. The van der Waals surface area contributed by atoms with Gasteiger partial charge in [0.1, 0.15) is 11.5 Å². The number of hydrogen-bond donors (Lipinski definition) is 2. The molecule has 22 heavy (non-hydrogen) atoms. The molecule has 0 aliphatic heterocycles. The Morgan fingerprint density at radius 3 is 2.59 bits per heavy atom. The summed E-state index contributed by atoms with van der Waals surface area (Å²) in [5.74, 6) is 0.00428. The molecule has 0 saturated heterocycles. The largest absolute Gasteiger partial charge is 0.508 e. The predicted molar refractivity (Wildman–Crippen MR) is 89.3 cm³/mol. The molecule has 2 N–H and O–H groups in total. The minimum absolute atomic E-state index is 0.0148. The van der Waals surface area contributed by atoms with E-state index in [1.54, 1.807) is 6.07 Å². The zero-order valence-electron chi connectivity index (χ0n) is 11.9. The Labute approximate surface area is 132 Å². The van der Waals surface area contributed by atoms with Crippen molar-refractivity contribution in [2.45, 2.75) is 6.92 Å². The summed E-state index contributed by atoms with van der Waals surface area (Å²) in [5, 5.41) is 21.5. The van der Waals surface area contributed by atoms with Crippen molar-refractivity contribution in [1.29, 1.82) is 0 Å². The molecule has 4 nitrogen and oxygen atoms in total. The molecule has 0 radical (unpaired) electrons. The highest BCUT2D eigenvalue weighted by Gasteiger charge is 2.04. The van der Waals surface area contributed by atoms with Gasteiger partial charge in [-0.05, 0) is 19.1 Å². The van der Waals surface area contributed by atoms with E-state index >= 15 is 0 Å². The van der Waals surface area contributed by atoms with Crippen LogP contribution < -0.4 is 0 Å². The van der Waals surface area contributed by atoms with Crippen molar-refractivity contribution >= 4 is 22.7 Å². The van der Waals surface area contributed by atoms with Gasteiger partial charge in [0, 0.05) is 28.8 Å². The molecule has 2 aromatic carbocycles. The first-order valence-corrected chi connectivity index (χ1v) is 7.58. The van der Waals surface area contributed by atoms with Crippen LogP contribution in [0.4, 0.5) is 5.13 Å². The van der Waals surface area contributed by atoms with Crippen molar-refractivity contribution in [3.05, 3.63) is 59.0 Å². The third-order valence-electron chi connectivity index (χ3n) is 3.17. The lowest BCUT2D eigenvalue weighted by Gasteiger charge is -1.98. The fraction of sp³-hybridized carbons (Fsp3) is 0.0588. The summed E-state index contributed by atoms with van der Waals surface area (Å²) in [6.45, 7) is 2.05. The molecule has 0 amide bonds. The Balaban J connectivity index is 1.82. The minimum atomic E-state index is -0.0148. The molecule has 0 aliphatic carbocycles. The average Bonchev–Trinajstić information content (AvgIpc) is 2.96. The van der Waals surface area contributed by atoms with E-state index in [-0.39, 0.29) is 11.5 Å². The zero-order chi connectivity index (χ0) is 15.5. The third-order valence-corrected chi connectivity index (χ3v) is 3.92. The summed E-state index contributed by atoms with van der Waals surface area (Å²) in [6, 6.07) is 12.5. The molecular formula is C17H14N2O2S. The van der Waals surface area contributed by atoms with Crippen LogP contribution in [-0.2, 0) is 0 Å². The second-order valence-electron chi connectivity index (χ2n) is 4.88. The molecular weight excluding hydrogens is 296 g/mol. The fourth-order valence-corrected chi connectivity index (χ4v) is 2.62. The van der Waals surface area contributed by atoms with Gasteiger partial charge in [-0.15, -0.1) is 11.3 Å². The van der Waals surface area contributed by atoms with Crippen molar-refractivity contribution in [2.24, 2.45) is 4.99 Å². The first-order valence-electron chi connectivity index (χ1n) is 6.70. The van der Waals surface area contributed by atoms with Crippen molar-refractivity contribution in [1.82, 2.24) is 4.98 Å². The number of hydrogen-bond acceptors (Lipinski definition) is 5. The van der Waals surface area contributed by atoms with Crippen LogP contribution in [0.1, 0.15) is 11.1 Å². The maximum atomic E-state index is 9.71. The maximum absolute atomic E-state index is 9.71. The van der Waals surface area contributed by atoms with E-state index < -0.39 is 0 Å². The van der Waals surface area contributed by atoms with E-state index in [1.165, 1.54) is 35.2 Å². The Kier molecular flexibility index (Phi) is 3.89. The number of aromatic hydroxyl groups is 2. The van der Waals surface area contributed by atoms with Crippen LogP contribution in [0, 0.1) is 6.92 Å². The van der Waals surface area contributed by atoms with Gasteiger partial charge >= 0.3 is 0 Å². The number of aliphatic imine (C=N–C) groups is 1. The van der Waals surface area contributed by atoms with Crippen LogP contribution in [0.2, 0.25) is 0 Å². The molecule has 0 unspecified atom stereocenters. The number of phenolic OH excluding ortho intramolecular Hbond substituents is 2. The molecule has 0 fully saturated rings. The quantitative estimate of drug-likeness (QED) is 0.710. The van der Waals surface area contributed by atoms with Crippen LogP contribution in [-0.4, -0.2) is 21.4 Å². The first-order chi connectivity index (χ1) is 10.6. The van der Waals surface area contributed by atoms with Gasteiger partial charge in [0.25, 0.3) is 0 Å². The highest BCUT2D eigenvalue weighted by Crippen LogP contribution is 2.27. The summed E-state index contributed by atoms with van der Waals surface area (Å²) < 4.78 is 0. The Morgan fingerprint density at radius 1 is 1.09 bits per heavy atom. The van der Waals surface area contributed by atoms with Crippen LogP contribution in [0.15, 0.2) is 52.8 Å². The molecule has 110 valence electrons. The summed E-state index contributed by atoms with van der Waals surface area (Å²) in [4.78, 5) is 8.73. The summed E-state index contributed by atoms with van der Waals surface area (Å²) in [6.07, 6.45) is 1.53. The standard InChI is InChI=1S/C17H14N2O2S/c1-11-2-4-12(5-3-11)15-10-22-17(19-15)18-9-13-6-7-14(20)8-16(13)21/h2-10,20-21H,1H3/b18-9+. The fourth-order valence-electron chi connectivity index (χ4n) is 1.95. The van der Waals surface area contributed by atoms with Crippen molar-refractivity contribution in [3.63, 3.8) is 0 Å². The molecule has 1 aromatic heterocycles. The van der Waals surface area contributed by atoms with Crippen LogP contribution in [0.5, 0.6) is 11.5 Å². The molecule has 0 saturated carbocycles. The molecule has 0 atom stereocenters. The summed E-state index contributed by atoms with van der Waals surface area (Å²) in [5.41, 5.74) is 3.67. The number of phenols is 2. The topological polar surface area (TPSA) is 65.7 Å². The highest BCUT2D eigenvalue weighted by molar-refractivity contribution is 7.13. The minimum Gasteiger partial charge on any atom is -0.508 e. The van der Waals surface area contributed by atoms with Gasteiger partial charge in [-0.3, -0.25) is 0 Å². The van der Waals surface area contributed by atoms with Gasteiger partial charge in [-0.2, -0.15) is 0 Å². The van der Waals surface area contributed by atoms with Gasteiger partial charge < -0.3 is 10.2 Å². The number of thiazole rings is 1. The van der Waals surface area contributed by atoms with E-state index in [2.05, 4.69) is 9.98 Å². The predicted octanol–water partition coefficient (Wildman–Crippen LogP) is 4.28. The SMILES string of the molecule is Cc1ccc(-c2csc(/N=C/c3ccc(O)cc3O)n2)cc1. The number of aryl methyl sites for hydroxylation is 1. The van der Waals surface area contributed by atoms with Gasteiger partial charge in [0.05, 0.1) is 5.69 Å². The summed E-state index contributed by atoms with van der Waals surface area (Å²) in [7, 11) is 0. The van der Waals surface area contributed by atoms with Gasteiger partial charge in [-0.25, -0.2) is 9.98 Å². The Bertz CT molecular complexity index is 823. The molecule has 5 heteroatoms. The normalized spacial score (nSPS) is 11.1. The third kappa shape index (κ3) is 3.15. The Morgan fingerprint density at radius 2 is 1.86 bits per heavy atom. The molecule has 0 aliphatic rings. The lowest BCUT2D eigenvalue weighted by atomic mass is 10.1. The zero-order valence-corrected chi connectivity index (χ0v) is 12.7. The van der Waals surface area contributed by atoms with Crippen LogP contribution >= 0.6 is 11.3 Å². The number of nitrogens with zero attached hydrogens (tertiary/aromatic N) is 2. The van der Waals surface area contributed by atoms with E-state index in [0.29, 0.717) is 10.7 Å². The van der Waals surface area contributed by atoms with Crippen LogP contribution in [0.3, 0.4) is 0 Å². The van der Waals surface area contributed by atoms with Crippen molar-refractivity contribution in [2.75, 3.05) is 0 Å². The highest BCUT2D eigenvalue weighted by atomic mass is 32.1. The second kappa shape index (κ2) is 5.99.